The number of methoxy groups -OCH3 is 1. The van der Waals surface area contributed by atoms with Crippen LogP contribution in [0.5, 0.6) is 11.5 Å². The summed E-state index contributed by atoms with van der Waals surface area (Å²) in [6.45, 7) is 3.84. The van der Waals surface area contributed by atoms with Gasteiger partial charge in [0.1, 0.15) is 23.7 Å². The summed E-state index contributed by atoms with van der Waals surface area (Å²) in [4.78, 5) is 10.9. The molecule has 0 saturated heterocycles. The average Bonchev–Trinajstić information content (AvgIpc) is 2.25. The van der Waals surface area contributed by atoms with Gasteiger partial charge in [-0.15, -0.1) is 0 Å². The minimum absolute atomic E-state index is 0.0825. The highest BCUT2D eigenvalue weighted by Gasteiger charge is 2.11. The Balaban J connectivity index is 2.99. The van der Waals surface area contributed by atoms with E-state index in [0.29, 0.717) is 18.1 Å². The van der Waals surface area contributed by atoms with Crippen LogP contribution in [0.2, 0.25) is 0 Å². The van der Waals surface area contributed by atoms with Crippen LogP contribution in [-0.2, 0) is 0 Å². The minimum Gasteiger partial charge on any atom is -0.496 e. The summed E-state index contributed by atoms with van der Waals surface area (Å²) in [6, 6.07) is 4.63. The van der Waals surface area contributed by atoms with Crippen LogP contribution in [0.1, 0.15) is 10.4 Å². The van der Waals surface area contributed by atoms with Gasteiger partial charge in [-0.1, -0.05) is 12.7 Å². The Bertz CT molecular complexity index is 371. The van der Waals surface area contributed by atoms with Gasteiger partial charge in [0, 0.05) is 0 Å². The number of aromatic carboxylic acids is 1. The summed E-state index contributed by atoms with van der Waals surface area (Å²) in [5.41, 5.74) is 0.0825. The van der Waals surface area contributed by atoms with E-state index >= 15 is 0 Å². The van der Waals surface area contributed by atoms with Gasteiger partial charge in [-0.3, -0.25) is 0 Å². The van der Waals surface area contributed by atoms with Crippen molar-refractivity contribution >= 4 is 5.97 Å². The van der Waals surface area contributed by atoms with Crippen molar-refractivity contribution in [3.63, 3.8) is 0 Å². The van der Waals surface area contributed by atoms with Crippen LogP contribution < -0.4 is 9.47 Å². The number of carboxylic acids is 1. The Labute approximate surface area is 87.7 Å². The molecule has 1 N–H and O–H groups in total. The van der Waals surface area contributed by atoms with Crippen LogP contribution in [0.4, 0.5) is 0 Å². The van der Waals surface area contributed by atoms with Crippen molar-refractivity contribution in [2.75, 3.05) is 13.7 Å². The molecule has 0 fully saturated rings. The molecule has 0 unspecified atom stereocenters. The highest BCUT2D eigenvalue weighted by molar-refractivity contribution is 5.91. The standard InChI is InChI=1S/C11H12O4/c1-3-6-15-8-4-5-10(14-2)9(7-8)11(12)13/h3-5,7H,1,6H2,2H3,(H,12,13). The first-order chi connectivity index (χ1) is 7.19. The highest BCUT2D eigenvalue weighted by atomic mass is 16.5. The zero-order chi connectivity index (χ0) is 11.3. The lowest BCUT2D eigenvalue weighted by molar-refractivity contribution is 0.0693. The van der Waals surface area contributed by atoms with Crippen molar-refractivity contribution < 1.29 is 19.4 Å². The summed E-state index contributed by atoms with van der Waals surface area (Å²) in [7, 11) is 1.42. The van der Waals surface area contributed by atoms with Gasteiger partial charge in [-0.25, -0.2) is 4.79 Å². The minimum atomic E-state index is -1.05. The topological polar surface area (TPSA) is 55.8 Å². The number of rotatable bonds is 5. The van der Waals surface area contributed by atoms with Gasteiger partial charge >= 0.3 is 5.97 Å². The molecule has 0 aliphatic rings. The van der Waals surface area contributed by atoms with Crippen LogP contribution in [-0.4, -0.2) is 24.8 Å². The van der Waals surface area contributed by atoms with Crippen LogP contribution in [0.15, 0.2) is 30.9 Å². The summed E-state index contributed by atoms with van der Waals surface area (Å²) >= 11 is 0. The maximum atomic E-state index is 10.9. The summed E-state index contributed by atoms with van der Waals surface area (Å²) in [6.07, 6.45) is 1.59. The lowest BCUT2D eigenvalue weighted by Gasteiger charge is -2.07. The second-order valence-corrected chi connectivity index (χ2v) is 2.77. The highest BCUT2D eigenvalue weighted by Crippen LogP contribution is 2.23. The van der Waals surface area contributed by atoms with Gasteiger partial charge in [0.25, 0.3) is 0 Å². The smallest absolute Gasteiger partial charge is 0.339 e. The molecule has 1 rings (SSSR count). The van der Waals surface area contributed by atoms with E-state index in [9.17, 15) is 4.79 Å². The Hall–Kier alpha value is -1.97. The van der Waals surface area contributed by atoms with Gasteiger partial charge in [0.05, 0.1) is 7.11 Å². The zero-order valence-electron chi connectivity index (χ0n) is 8.40. The SMILES string of the molecule is C=CCOc1ccc(OC)c(C(=O)O)c1. The van der Waals surface area contributed by atoms with Gasteiger partial charge in [0.15, 0.2) is 0 Å². The molecule has 0 heterocycles. The molecule has 0 aliphatic heterocycles. The van der Waals surface area contributed by atoms with E-state index in [1.54, 1.807) is 18.2 Å². The first-order valence-electron chi connectivity index (χ1n) is 4.34. The normalized spacial score (nSPS) is 9.40. The molecule has 80 valence electrons. The molecule has 1 aromatic carbocycles. The van der Waals surface area contributed by atoms with E-state index in [0.717, 1.165) is 0 Å². The molecule has 0 atom stereocenters. The predicted molar refractivity (Wildman–Crippen MR) is 55.6 cm³/mol. The second-order valence-electron chi connectivity index (χ2n) is 2.77. The maximum absolute atomic E-state index is 10.9. The predicted octanol–water partition coefficient (Wildman–Crippen LogP) is 1.96. The lowest BCUT2D eigenvalue weighted by Crippen LogP contribution is -2.02. The molecule has 0 aliphatic carbocycles. The van der Waals surface area contributed by atoms with Crippen molar-refractivity contribution in [1.29, 1.82) is 0 Å². The zero-order valence-corrected chi connectivity index (χ0v) is 8.40. The molecule has 0 radical (unpaired) electrons. The lowest BCUT2D eigenvalue weighted by atomic mass is 10.2. The maximum Gasteiger partial charge on any atom is 0.339 e. The van der Waals surface area contributed by atoms with E-state index in [1.807, 2.05) is 0 Å². The fourth-order valence-corrected chi connectivity index (χ4v) is 1.10. The molecule has 4 heteroatoms. The van der Waals surface area contributed by atoms with Crippen molar-refractivity contribution in [1.82, 2.24) is 0 Å². The Morgan fingerprint density at radius 3 is 2.87 bits per heavy atom. The summed E-state index contributed by atoms with van der Waals surface area (Å²) in [5, 5.41) is 8.89. The number of hydrogen-bond acceptors (Lipinski definition) is 3. The van der Waals surface area contributed by atoms with Crippen molar-refractivity contribution in [3.05, 3.63) is 36.4 Å². The largest absolute Gasteiger partial charge is 0.496 e. The molecular weight excluding hydrogens is 196 g/mol. The van der Waals surface area contributed by atoms with Gasteiger partial charge < -0.3 is 14.6 Å². The van der Waals surface area contributed by atoms with Gasteiger partial charge in [0.2, 0.25) is 0 Å². The molecule has 0 aromatic heterocycles. The monoisotopic (exact) mass is 208 g/mol. The van der Waals surface area contributed by atoms with E-state index in [1.165, 1.54) is 13.2 Å². The van der Waals surface area contributed by atoms with Crippen LogP contribution in [0.3, 0.4) is 0 Å². The summed E-state index contributed by atoms with van der Waals surface area (Å²) in [5.74, 6) is -0.252. The molecule has 0 amide bonds. The van der Waals surface area contributed by atoms with Crippen molar-refractivity contribution in [2.45, 2.75) is 0 Å². The van der Waals surface area contributed by atoms with Crippen LogP contribution in [0.25, 0.3) is 0 Å². The molecule has 0 spiro atoms. The molecule has 0 saturated carbocycles. The van der Waals surface area contributed by atoms with Crippen LogP contribution in [0, 0.1) is 0 Å². The summed E-state index contributed by atoms with van der Waals surface area (Å²) < 4.78 is 10.1. The molecule has 0 bridgehead atoms. The van der Waals surface area contributed by atoms with Crippen molar-refractivity contribution in [2.24, 2.45) is 0 Å². The first kappa shape index (κ1) is 11.1. The van der Waals surface area contributed by atoms with E-state index in [-0.39, 0.29) is 5.56 Å². The average molecular weight is 208 g/mol. The Morgan fingerprint density at radius 2 is 2.33 bits per heavy atom. The van der Waals surface area contributed by atoms with Gasteiger partial charge in [-0.05, 0) is 18.2 Å². The fraction of sp³-hybridized carbons (Fsp3) is 0.182. The van der Waals surface area contributed by atoms with E-state index < -0.39 is 5.97 Å². The van der Waals surface area contributed by atoms with E-state index in [2.05, 4.69) is 6.58 Å². The molecular formula is C11H12O4. The number of ether oxygens (including phenoxy) is 2. The Kier molecular flexibility index (Phi) is 3.74. The molecule has 4 nitrogen and oxygen atoms in total. The van der Waals surface area contributed by atoms with E-state index in [4.69, 9.17) is 14.6 Å². The Morgan fingerprint density at radius 1 is 1.60 bits per heavy atom. The first-order valence-corrected chi connectivity index (χ1v) is 4.34. The quantitative estimate of drug-likeness (QED) is 0.751. The molecule has 15 heavy (non-hydrogen) atoms. The third-order valence-corrected chi connectivity index (χ3v) is 1.77. The second kappa shape index (κ2) is 5.05. The third kappa shape index (κ3) is 2.74. The fourth-order valence-electron chi connectivity index (χ4n) is 1.10. The van der Waals surface area contributed by atoms with Gasteiger partial charge in [-0.2, -0.15) is 0 Å². The number of benzene rings is 1. The number of carbonyl (C=O) groups is 1. The number of hydrogen-bond donors (Lipinski definition) is 1. The number of carboxylic acid groups (broad SMARTS) is 1. The molecule has 1 aromatic rings. The third-order valence-electron chi connectivity index (χ3n) is 1.77. The van der Waals surface area contributed by atoms with Crippen molar-refractivity contribution in [3.8, 4) is 11.5 Å². The van der Waals surface area contributed by atoms with Crippen LogP contribution >= 0.6 is 0 Å².